The number of guanidine groups is 1. The standard InChI is InChI=1S/C21H21ClN4O2/c22-15-12-10-14(11-13-15)19(27)25-20-24-17-8-4-5-9-18(17)26(20)21(28)23-16-6-2-1-3-7-16/h1-3,6-7,10-13,17-18H,4-5,8-9H2,(H,23,28)(H,24,25,27)/t17-,18-/m1/s1. The van der Waals surface area contributed by atoms with Crippen molar-refractivity contribution in [3.05, 3.63) is 65.2 Å². The maximum atomic E-state index is 13.0. The number of rotatable bonds is 2. The van der Waals surface area contributed by atoms with Crippen LogP contribution in [0.4, 0.5) is 10.5 Å². The molecule has 1 saturated carbocycles. The second-order valence-electron chi connectivity index (χ2n) is 7.00. The van der Waals surface area contributed by atoms with Crippen LogP contribution < -0.4 is 10.6 Å². The molecule has 1 heterocycles. The van der Waals surface area contributed by atoms with Crippen molar-refractivity contribution in [1.82, 2.24) is 10.2 Å². The molecule has 2 aromatic rings. The predicted octanol–water partition coefficient (Wildman–Crippen LogP) is 4.28. The minimum absolute atomic E-state index is 0.0239. The second kappa shape index (κ2) is 8.02. The molecule has 2 N–H and O–H groups in total. The lowest BCUT2D eigenvalue weighted by Crippen LogP contribution is -2.52. The van der Waals surface area contributed by atoms with Gasteiger partial charge in [-0.05, 0) is 49.2 Å². The van der Waals surface area contributed by atoms with Crippen LogP contribution in [0.5, 0.6) is 0 Å². The normalized spacial score (nSPS) is 20.9. The van der Waals surface area contributed by atoms with E-state index in [-0.39, 0.29) is 24.0 Å². The van der Waals surface area contributed by atoms with E-state index < -0.39 is 0 Å². The van der Waals surface area contributed by atoms with Crippen molar-refractivity contribution in [3.8, 4) is 0 Å². The number of anilines is 1. The Bertz CT molecular complexity index is 898. The SMILES string of the molecule is O=C(NC1=N[C@@H]2CCCC[C@H]2N1C(=O)Nc1ccccc1)c1ccc(Cl)cc1. The summed E-state index contributed by atoms with van der Waals surface area (Å²) in [6.45, 7) is 0. The lowest BCUT2D eigenvalue weighted by Gasteiger charge is -2.31. The number of halogens is 1. The number of carbonyl (C=O) groups is 2. The number of hydrogen-bond acceptors (Lipinski definition) is 3. The minimum atomic E-state index is -0.313. The van der Waals surface area contributed by atoms with Crippen LogP contribution in [0, 0.1) is 0 Å². The Morgan fingerprint density at radius 1 is 0.964 bits per heavy atom. The summed E-state index contributed by atoms with van der Waals surface area (Å²) in [5, 5.41) is 6.29. The molecule has 2 atom stereocenters. The van der Waals surface area contributed by atoms with Crippen LogP contribution in [-0.4, -0.2) is 34.9 Å². The summed E-state index contributed by atoms with van der Waals surface area (Å²) in [4.78, 5) is 31.9. The second-order valence-corrected chi connectivity index (χ2v) is 7.44. The van der Waals surface area contributed by atoms with Crippen LogP contribution in [-0.2, 0) is 0 Å². The fourth-order valence-electron chi connectivity index (χ4n) is 3.74. The number of urea groups is 1. The molecule has 2 aliphatic rings. The van der Waals surface area contributed by atoms with E-state index in [0.717, 1.165) is 25.7 Å². The average molecular weight is 397 g/mol. The highest BCUT2D eigenvalue weighted by Gasteiger charge is 2.41. The number of nitrogens with zero attached hydrogens (tertiary/aromatic N) is 2. The van der Waals surface area contributed by atoms with Crippen LogP contribution in [0.1, 0.15) is 36.0 Å². The lowest BCUT2D eigenvalue weighted by molar-refractivity contribution is 0.0973. The van der Waals surface area contributed by atoms with E-state index in [2.05, 4.69) is 15.6 Å². The molecule has 0 bridgehead atoms. The first kappa shape index (κ1) is 18.5. The van der Waals surface area contributed by atoms with E-state index >= 15 is 0 Å². The molecule has 1 aliphatic heterocycles. The fourth-order valence-corrected chi connectivity index (χ4v) is 3.87. The third-order valence-corrected chi connectivity index (χ3v) is 5.37. The van der Waals surface area contributed by atoms with Crippen molar-refractivity contribution >= 4 is 35.2 Å². The van der Waals surface area contributed by atoms with E-state index in [9.17, 15) is 9.59 Å². The van der Waals surface area contributed by atoms with Crippen LogP contribution in [0.15, 0.2) is 59.6 Å². The van der Waals surface area contributed by atoms with Crippen molar-refractivity contribution in [2.75, 3.05) is 5.32 Å². The zero-order valence-corrected chi connectivity index (χ0v) is 16.0. The van der Waals surface area contributed by atoms with E-state index in [1.807, 2.05) is 30.3 Å². The average Bonchev–Trinajstić information content (AvgIpc) is 3.07. The van der Waals surface area contributed by atoms with Gasteiger partial charge in [-0.15, -0.1) is 0 Å². The third kappa shape index (κ3) is 3.87. The molecule has 1 aliphatic carbocycles. The Kier molecular flexibility index (Phi) is 5.30. The zero-order valence-electron chi connectivity index (χ0n) is 15.3. The highest BCUT2D eigenvalue weighted by Crippen LogP contribution is 2.31. The Morgan fingerprint density at radius 2 is 1.68 bits per heavy atom. The summed E-state index contributed by atoms with van der Waals surface area (Å²) in [6.07, 6.45) is 3.91. The minimum Gasteiger partial charge on any atom is -0.307 e. The van der Waals surface area contributed by atoms with Crippen LogP contribution in [0.3, 0.4) is 0 Å². The lowest BCUT2D eigenvalue weighted by atomic mass is 9.91. The number of fused-ring (bicyclic) bond motifs is 1. The summed E-state index contributed by atoms with van der Waals surface area (Å²) in [5.74, 6) is -0.00291. The van der Waals surface area contributed by atoms with E-state index in [4.69, 9.17) is 11.6 Å². The number of benzene rings is 2. The highest BCUT2D eigenvalue weighted by molar-refractivity contribution is 6.30. The molecule has 6 nitrogen and oxygen atoms in total. The van der Waals surface area contributed by atoms with Crippen molar-refractivity contribution in [2.45, 2.75) is 37.8 Å². The molecular weight excluding hydrogens is 376 g/mol. The van der Waals surface area contributed by atoms with Crippen molar-refractivity contribution in [3.63, 3.8) is 0 Å². The number of para-hydroxylation sites is 1. The van der Waals surface area contributed by atoms with Gasteiger partial charge in [0.15, 0.2) is 0 Å². The Morgan fingerprint density at radius 3 is 2.43 bits per heavy atom. The van der Waals surface area contributed by atoms with Gasteiger partial charge in [0.25, 0.3) is 5.91 Å². The highest BCUT2D eigenvalue weighted by atomic mass is 35.5. The first-order valence-corrected chi connectivity index (χ1v) is 9.79. The quantitative estimate of drug-likeness (QED) is 0.794. The van der Waals surface area contributed by atoms with Gasteiger partial charge >= 0.3 is 6.03 Å². The van der Waals surface area contributed by atoms with Gasteiger partial charge < -0.3 is 5.32 Å². The largest absolute Gasteiger partial charge is 0.328 e. The zero-order chi connectivity index (χ0) is 19.5. The first-order valence-electron chi connectivity index (χ1n) is 9.42. The van der Waals surface area contributed by atoms with Crippen molar-refractivity contribution < 1.29 is 9.59 Å². The van der Waals surface area contributed by atoms with Crippen LogP contribution >= 0.6 is 11.6 Å². The van der Waals surface area contributed by atoms with Gasteiger partial charge in [0.1, 0.15) is 0 Å². The molecule has 28 heavy (non-hydrogen) atoms. The Balaban J connectivity index is 1.55. The van der Waals surface area contributed by atoms with E-state index in [1.165, 1.54) is 0 Å². The van der Waals surface area contributed by atoms with Crippen LogP contribution in [0.25, 0.3) is 0 Å². The van der Waals surface area contributed by atoms with Gasteiger partial charge in [0.2, 0.25) is 5.96 Å². The van der Waals surface area contributed by atoms with Gasteiger partial charge in [-0.1, -0.05) is 42.6 Å². The maximum Gasteiger partial charge on any atom is 0.328 e. The molecule has 144 valence electrons. The molecule has 2 aromatic carbocycles. The van der Waals surface area contributed by atoms with Gasteiger partial charge in [-0.3, -0.25) is 15.0 Å². The third-order valence-electron chi connectivity index (χ3n) is 5.12. The summed E-state index contributed by atoms with van der Waals surface area (Å²) in [6, 6.07) is 15.6. The molecule has 1 fully saturated rings. The molecule has 0 spiro atoms. The molecule has 4 rings (SSSR count). The molecule has 0 unspecified atom stereocenters. The molecule has 7 heteroatoms. The number of amides is 3. The number of aliphatic imine (C=N–C) groups is 1. The fraction of sp³-hybridized carbons (Fsp3) is 0.286. The number of carbonyl (C=O) groups excluding carboxylic acids is 2. The maximum absolute atomic E-state index is 13.0. The monoisotopic (exact) mass is 396 g/mol. The summed E-state index contributed by atoms with van der Waals surface area (Å²) in [5.41, 5.74) is 1.17. The summed E-state index contributed by atoms with van der Waals surface area (Å²) in [7, 11) is 0. The molecule has 3 amide bonds. The van der Waals surface area contributed by atoms with Crippen LogP contribution in [0.2, 0.25) is 5.02 Å². The number of hydrogen-bond donors (Lipinski definition) is 2. The van der Waals surface area contributed by atoms with E-state index in [1.54, 1.807) is 29.2 Å². The van der Waals surface area contributed by atoms with Crippen molar-refractivity contribution in [2.24, 2.45) is 4.99 Å². The topological polar surface area (TPSA) is 73.8 Å². The van der Waals surface area contributed by atoms with Gasteiger partial charge in [-0.25, -0.2) is 9.79 Å². The molecule has 0 saturated heterocycles. The first-order chi connectivity index (χ1) is 13.6. The Labute approximate surface area is 168 Å². The predicted molar refractivity (Wildman–Crippen MR) is 110 cm³/mol. The van der Waals surface area contributed by atoms with E-state index in [0.29, 0.717) is 22.2 Å². The van der Waals surface area contributed by atoms with Gasteiger partial charge in [0, 0.05) is 16.3 Å². The van der Waals surface area contributed by atoms with Crippen molar-refractivity contribution in [1.29, 1.82) is 0 Å². The number of nitrogens with one attached hydrogen (secondary N) is 2. The molecule has 0 radical (unpaired) electrons. The molecular formula is C21H21ClN4O2. The Hall–Kier alpha value is -2.86. The molecule has 0 aromatic heterocycles. The summed E-state index contributed by atoms with van der Waals surface area (Å²) >= 11 is 5.89. The smallest absolute Gasteiger partial charge is 0.307 e. The summed E-state index contributed by atoms with van der Waals surface area (Å²) < 4.78 is 0. The van der Waals surface area contributed by atoms with Gasteiger partial charge in [-0.2, -0.15) is 0 Å². The van der Waals surface area contributed by atoms with Gasteiger partial charge in [0.05, 0.1) is 12.1 Å².